The van der Waals surface area contributed by atoms with Crippen LogP contribution < -0.4 is 14.9 Å². The van der Waals surface area contributed by atoms with Crippen LogP contribution in [0.5, 0.6) is 5.75 Å². The quantitative estimate of drug-likeness (QED) is 0.568. The normalized spacial score (nSPS) is 13.7. The molecule has 1 aromatic carbocycles. The number of hydrogen-bond donors (Lipinski definition) is 4. The van der Waals surface area contributed by atoms with Crippen molar-refractivity contribution in [3.05, 3.63) is 18.2 Å². The Hall–Kier alpha value is -0.925. The molecule has 23 heavy (non-hydrogen) atoms. The summed E-state index contributed by atoms with van der Waals surface area (Å²) in [5.74, 6) is 0.627. The van der Waals surface area contributed by atoms with Crippen molar-refractivity contribution >= 4 is 28.8 Å². The molecule has 1 aromatic rings. The van der Waals surface area contributed by atoms with Crippen LogP contribution in [0.1, 0.15) is 27.7 Å². The Kier molecular flexibility index (Phi) is 6.04. The van der Waals surface area contributed by atoms with Crippen LogP contribution in [0.3, 0.4) is 0 Å². The Bertz CT molecular complexity index is 540. The van der Waals surface area contributed by atoms with E-state index in [1.54, 1.807) is 39.2 Å². The molecule has 0 aromatic heterocycles. The van der Waals surface area contributed by atoms with E-state index in [0.717, 1.165) is 5.46 Å². The monoisotopic (exact) mass is 345 g/mol. The van der Waals surface area contributed by atoms with E-state index in [9.17, 15) is 14.2 Å². The second-order valence-corrected chi connectivity index (χ2v) is 8.59. The highest BCUT2D eigenvalue weighted by Gasteiger charge is 2.38. The molecular formula is C15H28BNO5S. The summed E-state index contributed by atoms with van der Waals surface area (Å²) in [5, 5.41) is 10.2. The molecule has 8 heteroatoms. The summed E-state index contributed by atoms with van der Waals surface area (Å²) < 4.78 is 33.2. The summed E-state index contributed by atoms with van der Waals surface area (Å²) in [6.07, 6.45) is 1.31. The van der Waals surface area contributed by atoms with Crippen LogP contribution in [0.4, 0.5) is 5.69 Å². The number of aliphatic hydroxyl groups is 1. The lowest BCUT2D eigenvalue weighted by molar-refractivity contribution is -0.0918. The molecule has 0 unspecified atom stereocenters. The number of hydrogen-bond acceptors (Lipinski definition) is 6. The molecule has 1 rings (SSSR count). The Morgan fingerprint density at radius 2 is 1.74 bits per heavy atom. The predicted molar refractivity (Wildman–Crippen MR) is 98.1 cm³/mol. The molecule has 0 saturated carbocycles. The minimum Gasteiger partial charge on any atom is -0.497 e. The highest BCUT2D eigenvalue weighted by atomic mass is 32.3. The van der Waals surface area contributed by atoms with Gasteiger partial charge in [0.2, 0.25) is 0 Å². The molecule has 0 bridgehead atoms. The first-order chi connectivity index (χ1) is 10.3. The number of ether oxygens (including phenoxy) is 1. The highest BCUT2D eigenvalue weighted by Crippen LogP contribution is 2.34. The van der Waals surface area contributed by atoms with Crippen molar-refractivity contribution in [3.8, 4) is 5.75 Å². The maximum absolute atomic E-state index is 10.2. The van der Waals surface area contributed by atoms with E-state index in [0.29, 0.717) is 11.4 Å². The first kappa shape index (κ1) is 20.1. The Labute approximate surface area is 140 Å². The van der Waals surface area contributed by atoms with Gasteiger partial charge in [-0.2, -0.15) is 0 Å². The summed E-state index contributed by atoms with van der Waals surface area (Å²) in [4.78, 5) is 0. The summed E-state index contributed by atoms with van der Waals surface area (Å²) in [6.45, 7) is 8.52. The van der Waals surface area contributed by atoms with E-state index in [-0.39, 0.29) is 6.92 Å². The maximum atomic E-state index is 10.2. The van der Waals surface area contributed by atoms with Crippen molar-refractivity contribution in [1.29, 1.82) is 0 Å². The van der Waals surface area contributed by atoms with E-state index in [4.69, 9.17) is 9.39 Å². The Morgan fingerprint density at radius 3 is 2.17 bits per heavy atom. The fourth-order valence-electron chi connectivity index (χ4n) is 1.99. The van der Waals surface area contributed by atoms with Crippen LogP contribution in [-0.4, -0.2) is 45.7 Å². The second-order valence-electron chi connectivity index (χ2n) is 6.72. The molecule has 0 amide bonds. The molecule has 0 saturated heterocycles. The highest BCUT2D eigenvalue weighted by molar-refractivity contribution is 8.24. The fourth-order valence-corrected chi connectivity index (χ4v) is 2.56. The third-order valence-electron chi connectivity index (χ3n) is 3.92. The third-order valence-corrected chi connectivity index (χ3v) is 4.55. The molecule has 0 heterocycles. The van der Waals surface area contributed by atoms with Crippen molar-refractivity contribution in [2.24, 2.45) is 0 Å². The maximum Gasteiger partial charge on any atom is 0.328 e. The van der Waals surface area contributed by atoms with Gasteiger partial charge in [-0.05, 0) is 51.4 Å². The van der Waals surface area contributed by atoms with Crippen LogP contribution >= 0.6 is 10.8 Å². The van der Waals surface area contributed by atoms with Crippen molar-refractivity contribution in [3.63, 3.8) is 0 Å². The SMILES string of the molecule is COc1ccc(NS(C)(O)O)cc1B(C)OC(C)(C)C(C)(C)O. The number of rotatable bonds is 7. The zero-order valence-corrected chi connectivity index (χ0v) is 15.7. The van der Waals surface area contributed by atoms with E-state index < -0.39 is 22.0 Å². The molecular weight excluding hydrogens is 317 g/mol. The summed E-state index contributed by atoms with van der Waals surface area (Å²) in [6, 6.07) is 5.19. The average Bonchev–Trinajstić information content (AvgIpc) is 2.34. The lowest BCUT2D eigenvalue weighted by atomic mass is 9.62. The van der Waals surface area contributed by atoms with Crippen LogP contribution in [0.15, 0.2) is 18.2 Å². The van der Waals surface area contributed by atoms with Crippen LogP contribution in [-0.2, 0) is 4.65 Å². The first-order valence-electron chi connectivity index (χ1n) is 7.36. The average molecular weight is 345 g/mol. The third kappa shape index (κ3) is 5.58. The van der Waals surface area contributed by atoms with E-state index in [1.165, 1.54) is 6.26 Å². The van der Waals surface area contributed by atoms with Gasteiger partial charge < -0.3 is 14.5 Å². The number of anilines is 1. The molecule has 0 atom stereocenters. The molecule has 0 radical (unpaired) electrons. The molecule has 4 N–H and O–H groups in total. The standard InChI is InChI=1S/C15H28BNO5S/c1-14(2,18)15(3,4)22-16(5)12-10-11(17-23(7,19)20)8-9-13(12)21-6/h8-10,17-20H,1-7H3. The van der Waals surface area contributed by atoms with Crippen LogP contribution in [0, 0.1) is 0 Å². The van der Waals surface area contributed by atoms with Gasteiger partial charge >= 0.3 is 6.92 Å². The zero-order chi connectivity index (χ0) is 18.1. The Morgan fingerprint density at radius 1 is 1.17 bits per heavy atom. The van der Waals surface area contributed by atoms with Gasteiger partial charge in [0.1, 0.15) is 5.75 Å². The van der Waals surface area contributed by atoms with Gasteiger partial charge in [-0.1, -0.05) is 6.82 Å². The van der Waals surface area contributed by atoms with Gasteiger partial charge in [0, 0.05) is 6.26 Å². The van der Waals surface area contributed by atoms with Gasteiger partial charge in [0.15, 0.2) is 0 Å². The van der Waals surface area contributed by atoms with Crippen molar-refractivity contribution < 1.29 is 23.6 Å². The lowest BCUT2D eigenvalue weighted by Gasteiger charge is -2.39. The van der Waals surface area contributed by atoms with Crippen LogP contribution in [0.25, 0.3) is 0 Å². The molecule has 0 spiro atoms. The number of nitrogens with one attached hydrogen (secondary N) is 1. The Balaban J connectivity index is 3.11. The zero-order valence-electron chi connectivity index (χ0n) is 14.9. The van der Waals surface area contributed by atoms with Gasteiger partial charge in [0.25, 0.3) is 0 Å². The first-order valence-corrected chi connectivity index (χ1v) is 9.31. The summed E-state index contributed by atoms with van der Waals surface area (Å²) >= 11 is 0. The van der Waals surface area contributed by atoms with E-state index in [2.05, 4.69) is 4.72 Å². The van der Waals surface area contributed by atoms with Crippen LogP contribution in [0.2, 0.25) is 6.82 Å². The minimum absolute atomic E-state index is 0.369. The molecule has 0 aliphatic rings. The topological polar surface area (TPSA) is 91.2 Å². The van der Waals surface area contributed by atoms with Crippen molar-refractivity contribution in [1.82, 2.24) is 0 Å². The second kappa shape index (κ2) is 6.90. The predicted octanol–water partition coefficient (Wildman–Crippen LogP) is 2.80. The van der Waals surface area contributed by atoms with Gasteiger partial charge in [-0.15, -0.1) is 10.8 Å². The van der Waals surface area contributed by atoms with Gasteiger partial charge in [0.05, 0.1) is 24.0 Å². The summed E-state index contributed by atoms with van der Waals surface area (Å²) in [5.41, 5.74) is -0.504. The largest absolute Gasteiger partial charge is 0.497 e. The molecule has 0 aliphatic heterocycles. The molecule has 0 fully saturated rings. The van der Waals surface area contributed by atoms with Crippen molar-refractivity contribution in [2.45, 2.75) is 45.7 Å². The molecule has 6 nitrogen and oxygen atoms in total. The number of benzene rings is 1. The molecule has 0 aliphatic carbocycles. The molecule has 132 valence electrons. The van der Waals surface area contributed by atoms with Gasteiger partial charge in [-0.3, -0.25) is 13.8 Å². The van der Waals surface area contributed by atoms with Crippen molar-refractivity contribution in [2.75, 3.05) is 18.1 Å². The number of methoxy groups -OCH3 is 1. The van der Waals surface area contributed by atoms with E-state index >= 15 is 0 Å². The summed E-state index contributed by atoms with van der Waals surface area (Å²) in [7, 11) is -1.31. The minimum atomic E-state index is -2.87. The fraction of sp³-hybridized carbons (Fsp3) is 0.600. The lowest BCUT2D eigenvalue weighted by Crippen LogP contribution is -2.52. The van der Waals surface area contributed by atoms with E-state index in [1.807, 2.05) is 20.7 Å². The van der Waals surface area contributed by atoms with Gasteiger partial charge in [-0.25, -0.2) is 0 Å². The smallest absolute Gasteiger partial charge is 0.328 e.